The lowest BCUT2D eigenvalue weighted by atomic mass is 9.94. The van der Waals surface area contributed by atoms with Crippen molar-refractivity contribution in [3.05, 3.63) is 30.1 Å². The van der Waals surface area contributed by atoms with Crippen LogP contribution < -0.4 is 5.32 Å². The fourth-order valence-electron chi connectivity index (χ4n) is 3.73. The molecule has 5 heteroatoms. The molecule has 0 bridgehead atoms. The van der Waals surface area contributed by atoms with Crippen LogP contribution in [-0.2, 0) is 11.3 Å². The molecule has 0 radical (unpaired) electrons. The van der Waals surface area contributed by atoms with Crippen molar-refractivity contribution in [3.63, 3.8) is 0 Å². The van der Waals surface area contributed by atoms with Crippen molar-refractivity contribution < 1.29 is 9.53 Å². The second-order valence-corrected chi connectivity index (χ2v) is 7.01. The number of pyridine rings is 1. The molecule has 2 amide bonds. The van der Waals surface area contributed by atoms with Gasteiger partial charge in [0.1, 0.15) is 0 Å². The summed E-state index contributed by atoms with van der Waals surface area (Å²) in [7, 11) is 0. The van der Waals surface area contributed by atoms with E-state index in [1.165, 1.54) is 19.3 Å². The van der Waals surface area contributed by atoms with Crippen molar-refractivity contribution in [3.8, 4) is 0 Å². The van der Waals surface area contributed by atoms with Gasteiger partial charge >= 0.3 is 6.03 Å². The number of amides is 2. The molecule has 132 valence electrons. The van der Waals surface area contributed by atoms with Crippen LogP contribution in [0.5, 0.6) is 0 Å². The average molecular weight is 331 g/mol. The Morgan fingerprint density at radius 1 is 1.21 bits per heavy atom. The number of rotatable bonds is 5. The number of nitrogens with zero attached hydrogens (tertiary/aromatic N) is 2. The van der Waals surface area contributed by atoms with Gasteiger partial charge < -0.3 is 15.0 Å². The van der Waals surface area contributed by atoms with E-state index in [-0.39, 0.29) is 6.03 Å². The van der Waals surface area contributed by atoms with Crippen molar-refractivity contribution in [2.75, 3.05) is 19.8 Å². The molecule has 1 aromatic heterocycles. The Kier molecular flexibility index (Phi) is 6.47. The van der Waals surface area contributed by atoms with Crippen molar-refractivity contribution in [2.24, 2.45) is 5.92 Å². The van der Waals surface area contributed by atoms with E-state index in [0.29, 0.717) is 25.0 Å². The van der Waals surface area contributed by atoms with E-state index in [9.17, 15) is 4.79 Å². The fraction of sp³-hybridized carbons (Fsp3) is 0.684. The first-order chi connectivity index (χ1) is 11.8. The Balaban J connectivity index is 1.60. The van der Waals surface area contributed by atoms with Gasteiger partial charge in [0.15, 0.2) is 0 Å². The first-order valence-electron chi connectivity index (χ1n) is 9.35. The minimum atomic E-state index is 0.0538. The van der Waals surface area contributed by atoms with Gasteiger partial charge in [-0.1, -0.05) is 25.3 Å². The molecule has 0 aromatic carbocycles. The molecular weight excluding hydrogens is 302 g/mol. The lowest BCUT2D eigenvalue weighted by Gasteiger charge is -2.35. The highest BCUT2D eigenvalue weighted by molar-refractivity contribution is 5.74. The Hall–Kier alpha value is -1.62. The van der Waals surface area contributed by atoms with Crippen LogP contribution in [0.3, 0.4) is 0 Å². The second kappa shape index (κ2) is 9.02. The summed E-state index contributed by atoms with van der Waals surface area (Å²) in [6, 6.07) is 6.29. The monoisotopic (exact) mass is 331 g/mol. The zero-order valence-corrected chi connectivity index (χ0v) is 14.5. The number of carbonyl (C=O) groups excluding carboxylic acids is 1. The molecule has 1 saturated carbocycles. The van der Waals surface area contributed by atoms with Gasteiger partial charge in [-0.05, 0) is 43.7 Å². The molecule has 3 rings (SSSR count). The van der Waals surface area contributed by atoms with E-state index in [1.807, 2.05) is 23.1 Å². The molecule has 1 atom stereocenters. The van der Waals surface area contributed by atoms with Gasteiger partial charge in [-0.3, -0.25) is 4.98 Å². The van der Waals surface area contributed by atoms with Crippen LogP contribution in [0.25, 0.3) is 0 Å². The van der Waals surface area contributed by atoms with Gasteiger partial charge in [0.05, 0.1) is 18.8 Å². The smallest absolute Gasteiger partial charge is 0.318 e. The number of hydrogen-bond acceptors (Lipinski definition) is 3. The van der Waals surface area contributed by atoms with Gasteiger partial charge in [0.25, 0.3) is 0 Å². The summed E-state index contributed by atoms with van der Waals surface area (Å²) in [6.07, 6.45) is 9.96. The van der Waals surface area contributed by atoms with Crippen LogP contribution in [0.2, 0.25) is 0 Å². The summed E-state index contributed by atoms with van der Waals surface area (Å²) in [5, 5.41) is 3.15. The molecule has 2 aliphatic rings. The van der Waals surface area contributed by atoms with Gasteiger partial charge in [-0.25, -0.2) is 4.79 Å². The lowest BCUT2D eigenvalue weighted by molar-refractivity contribution is 0.0545. The number of ether oxygens (including phenoxy) is 1. The quantitative estimate of drug-likeness (QED) is 0.900. The zero-order valence-electron chi connectivity index (χ0n) is 14.5. The van der Waals surface area contributed by atoms with E-state index in [1.54, 1.807) is 6.20 Å². The predicted octanol–water partition coefficient (Wildman–Crippen LogP) is 3.35. The fourth-order valence-corrected chi connectivity index (χ4v) is 3.73. The van der Waals surface area contributed by atoms with E-state index in [4.69, 9.17) is 4.74 Å². The van der Waals surface area contributed by atoms with Gasteiger partial charge in [-0.2, -0.15) is 0 Å². The first kappa shape index (κ1) is 17.2. The summed E-state index contributed by atoms with van der Waals surface area (Å²) >= 11 is 0. The third kappa shape index (κ3) is 4.94. The molecular formula is C19H29N3O2. The molecule has 1 saturated heterocycles. The molecule has 1 aliphatic carbocycles. The van der Waals surface area contributed by atoms with Gasteiger partial charge in [-0.15, -0.1) is 0 Å². The minimum absolute atomic E-state index is 0.0538. The maximum atomic E-state index is 12.8. The Morgan fingerprint density at radius 2 is 2.08 bits per heavy atom. The second-order valence-electron chi connectivity index (χ2n) is 7.01. The highest BCUT2D eigenvalue weighted by Gasteiger charge is 2.26. The zero-order chi connectivity index (χ0) is 16.6. The summed E-state index contributed by atoms with van der Waals surface area (Å²) in [5.41, 5.74) is 0.958. The SMILES string of the molecule is O=C(NCC1CCCOC1)N(Cc1ccccn1)C1CCCCC1. The van der Waals surface area contributed by atoms with E-state index in [0.717, 1.165) is 44.6 Å². The van der Waals surface area contributed by atoms with E-state index in [2.05, 4.69) is 10.3 Å². The molecule has 5 nitrogen and oxygen atoms in total. The van der Waals surface area contributed by atoms with Crippen LogP contribution in [0.1, 0.15) is 50.6 Å². The Labute approximate surface area is 144 Å². The third-order valence-corrected chi connectivity index (χ3v) is 5.13. The largest absolute Gasteiger partial charge is 0.381 e. The van der Waals surface area contributed by atoms with Crippen molar-refractivity contribution in [1.29, 1.82) is 0 Å². The Morgan fingerprint density at radius 3 is 2.79 bits per heavy atom. The standard InChI is InChI=1S/C19H29N3O2/c23-19(21-13-16-7-6-12-24-15-16)22(18-9-2-1-3-10-18)14-17-8-4-5-11-20-17/h4-5,8,11,16,18H,1-3,6-7,9-10,12-15H2,(H,21,23). The third-order valence-electron chi connectivity index (χ3n) is 5.13. The molecule has 1 N–H and O–H groups in total. The molecule has 1 aliphatic heterocycles. The van der Waals surface area contributed by atoms with Crippen LogP contribution >= 0.6 is 0 Å². The van der Waals surface area contributed by atoms with E-state index < -0.39 is 0 Å². The molecule has 2 fully saturated rings. The normalized spacial score (nSPS) is 22.1. The number of hydrogen-bond donors (Lipinski definition) is 1. The number of aromatic nitrogens is 1. The summed E-state index contributed by atoms with van der Waals surface area (Å²) < 4.78 is 5.51. The lowest BCUT2D eigenvalue weighted by Crippen LogP contribution is -2.48. The predicted molar refractivity (Wildman–Crippen MR) is 93.6 cm³/mol. The molecule has 1 aromatic rings. The topological polar surface area (TPSA) is 54.5 Å². The number of nitrogens with one attached hydrogen (secondary N) is 1. The average Bonchev–Trinajstić information content (AvgIpc) is 2.66. The van der Waals surface area contributed by atoms with Crippen LogP contribution in [0.4, 0.5) is 4.79 Å². The highest BCUT2D eigenvalue weighted by Crippen LogP contribution is 2.24. The first-order valence-corrected chi connectivity index (χ1v) is 9.35. The maximum absolute atomic E-state index is 12.8. The summed E-state index contributed by atoms with van der Waals surface area (Å²) in [4.78, 5) is 19.2. The molecule has 1 unspecified atom stereocenters. The molecule has 24 heavy (non-hydrogen) atoms. The molecule has 2 heterocycles. The highest BCUT2D eigenvalue weighted by atomic mass is 16.5. The number of carbonyl (C=O) groups is 1. The van der Waals surface area contributed by atoms with Crippen LogP contribution in [0.15, 0.2) is 24.4 Å². The minimum Gasteiger partial charge on any atom is -0.381 e. The maximum Gasteiger partial charge on any atom is 0.318 e. The van der Waals surface area contributed by atoms with E-state index >= 15 is 0 Å². The van der Waals surface area contributed by atoms with Crippen LogP contribution in [-0.4, -0.2) is 41.7 Å². The Bertz CT molecular complexity index is 497. The van der Waals surface area contributed by atoms with Gasteiger partial charge in [0, 0.05) is 25.4 Å². The van der Waals surface area contributed by atoms with Crippen LogP contribution in [0, 0.1) is 5.92 Å². The van der Waals surface area contributed by atoms with Crippen molar-refractivity contribution in [2.45, 2.75) is 57.5 Å². The molecule has 0 spiro atoms. The van der Waals surface area contributed by atoms with Gasteiger partial charge in [0.2, 0.25) is 0 Å². The summed E-state index contributed by atoms with van der Waals surface area (Å²) in [6.45, 7) is 2.94. The van der Waals surface area contributed by atoms with Crippen molar-refractivity contribution in [1.82, 2.24) is 15.2 Å². The number of urea groups is 1. The van der Waals surface area contributed by atoms with Crippen molar-refractivity contribution >= 4 is 6.03 Å². The summed E-state index contributed by atoms with van der Waals surface area (Å²) in [5.74, 6) is 0.450.